The Morgan fingerprint density at radius 1 is 1.15 bits per heavy atom. The molecule has 0 unspecified atom stereocenters. The van der Waals surface area contributed by atoms with Crippen LogP contribution in [-0.4, -0.2) is 47.6 Å². The smallest absolute Gasteiger partial charge is 0.407 e. The molecule has 1 heterocycles. The van der Waals surface area contributed by atoms with Crippen molar-refractivity contribution in [2.45, 2.75) is 32.9 Å². The number of rotatable bonds is 6. The van der Waals surface area contributed by atoms with Gasteiger partial charge in [-0.05, 0) is 44.5 Å². The van der Waals surface area contributed by atoms with Gasteiger partial charge in [-0.15, -0.1) is 0 Å². The highest BCUT2D eigenvalue weighted by molar-refractivity contribution is 5.79. The van der Waals surface area contributed by atoms with E-state index in [1.54, 1.807) is 13.2 Å². The molecule has 8 heteroatoms. The summed E-state index contributed by atoms with van der Waals surface area (Å²) in [6.07, 6.45) is 3.23. The number of aliphatic imine (C=N–C) groups is 1. The van der Waals surface area contributed by atoms with Crippen molar-refractivity contribution in [2.24, 2.45) is 4.99 Å². The standard InChI is InChI=1S/C19H28N6O2/c1-19(2,3)27-18(26)22-12-11-21-17(20-4)23-14-15-6-8-16(9-7-15)25-13-5-10-24-25/h5-10,13H,11-12,14H2,1-4H3,(H,22,26)(H2,20,21,23). The second-order valence-corrected chi connectivity index (χ2v) is 6.90. The van der Waals surface area contributed by atoms with Crippen molar-refractivity contribution in [2.75, 3.05) is 20.1 Å². The molecule has 0 radical (unpaired) electrons. The molecule has 0 spiro atoms. The number of hydrogen-bond acceptors (Lipinski definition) is 4. The summed E-state index contributed by atoms with van der Waals surface area (Å²) in [6.45, 7) is 7.11. The number of ether oxygens (including phenoxy) is 1. The van der Waals surface area contributed by atoms with Crippen molar-refractivity contribution in [3.63, 3.8) is 0 Å². The third-order valence-electron chi connectivity index (χ3n) is 3.47. The first-order chi connectivity index (χ1) is 12.9. The van der Waals surface area contributed by atoms with Crippen molar-refractivity contribution in [1.82, 2.24) is 25.7 Å². The molecule has 0 saturated heterocycles. The Morgan fingerprint density at radius 2 is 1.85 bits per heavy atom. The minimum Gasteiger partial charge on any atom is -0.444 e. The minimum atomic E-state index is -0.498. The molecule has 2 aromatic rings. The van der Waals surface area contributed by atoms with Gasteiger partial charge in [-0.3, -0.25) is 4.99 Å². The maximum Gasteiger partial charge on any atom is 0.407 e. The van der Waals surface area contributed by atoms with Crippen LogP contribution in [0.15, 0.2) is 47.7 Å². The second kappa shape index (κ2) is 9.61. The zero-order chi connectivity index (χ0) is 19.7. The number of carbonyl (C=O) groups excluding carboxylic acids is 1. The zero-order valence-electron chi connectivity index (χ0n) is 16.3. The lowest BCUT2D eigenvalue weighted by Gasteiger charge is -2.20. The molecular formula is C19H28N6O2. The van der Waals surface area contributed by atoms with E-state index in [9.17, 15) is 4.79 Å². The third kappa shape index (κ3) is 7.39. The van der Waals surface area contributed by atoms with E-state index in [1.807, 2.05) is 62.0 Å². The van der Waals surface area contributed by atoms with Gasteiger partial charge in [0.05, 0.1) is 5.69 Å². The minimum absolute atomic E-state index is 0.426. The number of hydrogen-bond donors (Lipinski definition) is 3. The fourth-order valence-corrected chi connectivity index (χ4v) is 2.25. The van der Waals surface area contributed by atoms with Crippen LogP contribution in [0.25, 0.3) is 5.69 Å². The largest absolute Gasteiger partial charge is 0.444 e. The van der Waals surface area contributed by atoms with Gasteiger partial charge in [-0.1, -0.05) is 12.1 Å². The Balaban J connectivity index is 1.70. The number of guanidine groups is 1. The van der Waals surface area contributed by atoms with Crippen molar-refractivity contribution < 1.29 is 9.53 Å². The van der Waals surface area contributed by atoms with Gasteiger partial charge in [-0.2, -0.15) is 5.10 Å². The van der Waals surface area contributed by atoms with Crippen LogP contribution >= 0.6 is 0 Å². The number of nitrogens with one attached hydrogen (secondary N) is 3. The Bertz CT molecular complexity index is 733. The molecule has 8 nitrogen and oxygen atoms in total. The SMILES string of the molecule is CN=C(NCCNC(=O)OC(C)(C)C)NCc1ccc(-n2cccn2)cc1. The average Bonchev–Trinajstić information content (AvgIpc) is 3.15. The molecule has 0 atom stereocenters. The Hall–Kier alpha value is -3.03. The van der Waals surface area contributed by atoms with Crippen LogP contribution in [0.1, 0.15) is 26.3 Å². The molecule has 0 fully saturated rings. The maximum atomic E-state index is 11.6. The van der Waals surface area contributed by atoms with Gasteiger partial charge in [-0.25, -0.2) is 9.48 Å². The summed E-state index contributed by atoms with van der Waals surface area (Å²) in [5, 5.41) is 13.3. The number of alkyl carbamates (subject to hydrolysis) is 1. The third-order valence-corrected chi connectivity index (χ3v) is 3.47. The van der Waals surface area contributed by atoms with Crippen LogP contribution in [0.3, 0.4) is 0 Å². The summed E-state index contributed by atoms with van der Waals surface area (Å²) in [6, 6.07) is 10.0. The molecule has 1 aromatic carbocycles. The molecule has 1 aromatic heterocycles. The number of aromatic nitrogens is 2. The van der Waals surface area contributed by atoms with E-state index in [4.69, 9.17) is 4.74 Å². The lowest BCUT2D eigenvalue weighted by atomic mass is 10.2. The van der Waals surface area contributed by atoms with Gasteiger partial charge in [0.1, 0.15) is 5.60 Å². The van der Waals surface area contributed by atoms with Gasteiger partial charge in [0.25, 0.3) is 0 Å². The molecule has 0 aliphatic carbocycles. The van der Waals surface area contributed by atoms with E-state index >= 15 is 0 Å². The van der Waals surface area contributed by atoms with Crippen molar-refractivity contribution in [1.29, 1.82) is 0 Å². The molecule has 27 heavy (non-hydrogen) atoms. The van der Waals surface area contributed by atoms with E-state index in [1.165, 1.54) is 0 Å². The first kappa shape index (κ1) is 20.3. The van der Waals surface area contributed by atoms with Crippen LogP contribution in [0.5, 0.6) is 0 Å². The fraction of sp³-hybridized carbons (Fsp3) is 0.421. The highest BCUT2D eigenvalue weighted by Gasteiger charge is 2.15. The zero-order valence-corrected chi connectivity index (χ0v) is 16.3. The van der Waals surface area contributed by atoms with E-state index in [2.05, 4.69) is 26.0 Å². The van der Waals surface area contributed by atoms with E-state index in [0.717, 1.165) is 11.3 Å². The predicted octanol–water partition coefficient (Wildman–Crippen LogP) is 2.06. The Labute approximate surface area is 160 Å². The number of nitrogens with zero attached hydrogens (tertiary/aromatic N) is 3. The fourth-order valence-electron chi connectivity index (χ4n) is 2.25. The lowest BCUT2D eigenvalue weighted by Crippen LogP contribution is -2.42. The normalized spacial score (nSPS) is 11.8. The van der Waals surface area contributed by atoms with E-state index in [-0.39, 0.29) is 0 Å². The lowest BCUT2D eigenvalue weighted by molar-refractivity contribution is 0.0529. The van der Waals surface area contributed by atoms with Crippen LogP contribution in [-0.2, 0) is 11.3 Å². The second-order valence-electron chi connectivity index (χ2n) is 6.90. The molecule has 2 rings (SSSR count). The Morgan fingerprint density at radius 3 is 2.44 bits per heavy atom. The summed E-state index contributed by atoms with van der Waals surface area (Å²) in [4.78, 5) is 15.8. The van der Waals surface area contributed by atoms with Crippen LogP contribution < -0.4 is 16.0 Å². The summed E-state index contributed by atoms with van der Waals surface area (Å²) in [7, 11) is 1.71. The highest BCUT2D eigenvalue weighted by atomic mass is 16.6. The first-order valence-corrected chi connectivity index (χ1v) is 8.88. The van der Waals surface area contributed by atoms with Gasteiger partial charge >= 0.3 is 6.09 Å². The number of amides is 1. The van der Waals surface area contributed by atoms with Crippen molar-refractivity contribution in [3.8, 4) is 5.69 Å². The summed E-state index contributed by atoms with van der Waals surface area (Å²) in [5.74, 6) is 0.664. The molecule has 146 valence electrons. The molecule has 0 aliphatic heterocycles. The molecule has 0 aliphatic rings. The Kier molecular flexibility index (Phi) is 7.22. The molecule has 0 bridgehead atoms. The van der Waals surface area contributed by atoms with Crippen LogP contribution in [0.2, 0.25) is 0 Å². The van der Waals surface area contributed by atoms with Crippen LogP contribution in [0, 0.1) is 0 Å². The quantitative estimate of drug-likeness (QED) is 0.410. The van der Waals surface area contributed by atoms with Crippen LogP contribution in [0.4, 0.5) is 4.79 Å². The average molecular weight is 372 g/mol. The summed E-state index contributed by atoms with van der Waals surface area (Å²) < 4.78 is 7.00. The van der Waals surface area contributed by atoms with E-state index in [0.29, 0.717) is 25.6 Å². The highest BCUT2D eigenvalue weighted by Crippen LogP contribution is 2.08. The van der Waals surface area contributed by atoms with Crippen molar-refractivity contribution in [3.05, 3.63) is 48.3 Å². The van der Waals surface area contributed by atoms with Gasteiger partial charge in [0.15, 0.2) is 5.96 Å². The first-order valence-electron chi connectivity index (χ1n) is 8.88. The number of benzene rings is 1. The molecular weight excluding hydrogens is 344 g/mol. The molecule has 3 N–H and O–H groups in total. The van der Waals surface area contributed by atoms with Crippen molar-refractivity contribution >= 4 is 12.1 Å². The van der Waals surface area contributed by atoms with Gasteiger partial charge in [0.2, 0.25) is 0 Å². The molecule has 0 saturated carbocycles. The molecule has 1 amide bonds. The summed E-state index contributed by atoms with van der Waals surface area (Å²) >= 11 is 0. The number of carbonyl (C=O) groups is 1. The maximum absolute atomic E-state index is 11.6. The predicted molar refractivity (Wildman–Crippen MR) is 106 cm³/mol. The van der Waals surface area contributed by atoms with Gasteiger partial charge < -0.3 is 20.7 Å². The topological polar surface area (TPSA) is 92.6 Å². The monoisotopic (exact) mass is 372 g/mol. The van der Waals surface area contributed by atoms with E-state index < -0.39 is 11.7 Å². The van der Waals surface area contributed by atoms with Gasteiger partial charge in [0, 0.05) is 39.1 Å². The summed E-state index contributed by atoms with van der Waals surface area (Å²) in [5.41, 5.74) is 1.64.